The summed E-state index contributed by atoms with van der Waals surface area (Å²) < 4.78 is 8.05. The van der Waals surface area contributed by atoms with Crippen molar-refractivity contribution in [3.05, 3.63) is 41.5 Å². The summed E-state index contributed by atoms with van der Waals surface area (Å²) in [6.07, 6.45) is 5.27. The highest BCUT2D eigenvalue weighted by Gasteiger charge is 2.24. The summed E-state index contributed by atoms with van der Waals surface area (Å²) in [7, 11) is 4.11. The van der Waals surface area contributed by atoms with Crippen molar-refractivity contribution < 1.29 is 4.74 Å². The van der Waals surface area contributed by atoms with Crippen LogP contribution in [0.25, 0.3) is 0 Å². The lowest BCUT2D eigenvalue weighted by molar-refractivity contribution is -0.0350. The van der Waals surface area contributed by atoms with E-state index >= 15 is 0 Å². The number of ether oxygens (including phenoxy) is 1. The summed E-state index contributed by atoms with van der Waals surface area (Å²) in [6.45, 7) is 8.65. The van der Waals surface area contributed by atoms with Gasteiger partial charge in [0.15, 0.2) is 0 Å². The van der Waals surface area contributed by atoms with Crippen LogP contribution in [-0.2, 0) is 17.8 Å². The first-order valence-corrected chi connectivity index (χ1v) is 9.06. The average Bonchev–Trinajstić information content (AvgIpc) is 3.02. The second-order valence-corrected chi connectivity index (χ2v) is 6.99. The van der Waals surface area contributed by atoms with Crippen LogP contribution in [0, 0.1) is 6.92 Å². The Morgan fingerprint density at radius 3 is 2.92 bits per heavy atom. The first kappa shape index (κ1) is 17.9. The Morgan fingerprint density at radius 2 is 2.16 bits per heavy atom. The maximum Gasteiger partial charge on any atom is 0.112 e. The Morgan fingerprint density at radius 1 is 1.32 bits per heavy atom. The van der Waals surface area contributed by atoms with Gasteiger partial charge in [-0.3, -0.25) is 14.6 Å². The molecule has 3 rings (SSSR count). The highest BCUT2D eigenvalue weighted by atomic mass is 16.5. The molecule has 25 heavy (non-hydrogen) atoms. The molecule has 0 unspecified atom stereocenters. The molecule has 0 amide bonds. The number of pyridine rings is 1. The van der Waals surface area contributed by atoms with E-state index in [4.69, 9.17) is 9.72 Å². The van der Waals surface area contributed by atoms with Gasteiger partial charge in [0.2, 0.25) is 0 Å². The van der Waals surface area contributed by atoms with Gasteiger partial charge in [-0.2, -0.15) is 5.10 Å². The van der Waals surface area contributed by atoms with Crippen molar-refractivity contribution in [1.29, 1.82) is 0 Å². The molecule has 6 heteroatoms. The zero-order valence-corrected chi connectivity index (χ0v) is 15.8. The van der Waals surface area contributed by atoms with Gasteiger partial charge >= 0.3 is 0 Å². The van der Waals surface area contributed by atoms with Gasteiger partial charge in [-0.05, 0) is 25.5 Å². The van der Waals surface area contributed by atoms with E-state index < -0.39 is 0 Å². The Labute approximate surface area is 150 Å². The van der Waals surface area contributed by atoms with Crippen LogP contribution >= 0.6 is 0 Å². The van der Waals surface area contributed by atoms with Gasteiger partial charge in [-0.25, -0.2) is 0 Å². The van der Waals surface area contributed by atoms with E-state index in [1.165, 1.54) is 11.3 Å². The topological polar surface area (TPSA) is 46.4 Å². The van der Waals surface area contributed by atoms with Crippen LogP contribution in [0.4, 0.5) is 5.69 Å². The smallest absolute Gasteiger partial charge is 0.112 e. The van der Waals surface area contributed by atoms with E-state index in [1.807, 2.05) is 17.8 Å². The molecule has 0 aliphatic carbocycles. The molecule has 0 radical (unpaired) electrons. The van der Waals surface area contributed by atoms with Gasteiger partial charge in [-0.1, -0.05) is 6.92 Å². The van der Waals surface area contributed by atoms with Crippen LogP contribution in [0.5, 0.6) is 0 Å². The highest BCUT2D eigenvalue weighted by Crippen LogP contribution is 2.25. The molecular weight excluding hydrogens is 314 g/mol. The van der Waals surface area contributed by atoms with Crippen molar-refractivity contribution in [3.63, 3.8) is 0 Å². The highest BCUT2D eigenvalue weighted by molar-refractivity contribution is 5.47. The van der Waals surface area contributed by atoms with Gasteiger partial charge < -0.3 is 9.64 Å². The number of anilines is 1. The van der Waals surface area contributed by atoms with Crippen molar-refractivity contribution in [2.75, 3.05) is 38.7 Å². The molecule has 0 N–H and O–H groups in total. The summed E-state index contributed by atoms with van der Waals surface area (Å²) in [6, 6.07) is 4.24. The first-order chi connectivity index (χ1) is 12.0. The fraction of sp³-hybridized carbons (Fsp3) is 0.579. The Hall–Kier alpha value is -1.92. The zero-order chi connectivity index (χ0) is 17.8. The fourth-order valence-corrected chi connectivity index (χ4v) is 3.22. The van der Waals surface area contributed by atoms with Crippen molar-refractivity contribution in [1.82, 2.24) is 19.7 Å². The Bertz CT molecular complexity index is 697. The molecule has 0 saturated carbocycles. The number of rotatable bonds is 6. The SMILES string of the molecule is CCCn1cc(CN2CCO[C@@H](c3cc(N(C)C)cc(C)n3)C2)cn1. The number of hydrogen-bond acceptors (Lipinski definition) is 5. The second kappa shape index (κ2) is 7.97. The van der Waals surface area contributed by atoms with Crippen molar-refractivity contribution in [2.45, 2.75) is 39.5 Å². The number of aryl methyl sites for hydroxylation is 2. The van der Waals surface area contributed by atoms with Crippen molar-refractivity contribution in [2.24, 2.45) is 0 Å². The van der Waals surface area contributed by atoms with E-state index in [-0.39, 0.29) is 6.10 Å². The Kier molecular flexibility index (Phi) is 5.71. The summed E-state index contributed by atoms with van der Waals surface area (Å²) in [5.74, 6) is 0. The molecule has 1 aliphatic rings. The molecule has 3 heterocycles. The summed E-state index contributed by atoms with van der Waals surface area (Å²) in [4.78, 5) is 9.26. The van der Waals surface area contributed by atoms with Crippen molar-refractivity contribution >= 4 is 5.69 Å². The molecule has 1 fully saturated rings. The maximum absolute atomic E-state index is 6.02. The third-order valence-electron chi connectivity index (χ3n) is 4.50. The van der Waals surface area contributed by atoms with Crippen LogP contribution < -0.4 is 4.90 Å². The first-order valence-electron chi connectivity index (χ1n) is 9.06. The largest absolute Gasteiger partial charge is 0.378 e. The molecule has 1 aliphatic heterocycles. The van der Waals surface area contributed by atoms with E-state index in [0.717, 1.165) is 50.6 Å². The molecule has 2 aromatic rings. The molecule has 136 valence electrons. The van der Waals surface area contributed by atoms with Crippen LogP contribution in [-0.4, -0.2) is 53.5 Å². The fourth-order valence-electron chi connectivity index (χ4n) is 3.22. The van der Waals surface area contributed by atoms with E-state index in [1.54, 1.807) is 0 Å². The Balaban J connectivity index is 1.68. The third kappa shape index (κ3) is 4.58. The number of nitrogens with zero attached hydrogens (tertiary/aromatic N) is 5. The lowest BCUT2D eigenvalue weighted by atomic mass is 10.1. The van der Waals surface area contributed by atoms with Gasteiger partial charge in [-0.15, -0.1) is 0 Å². The monoisotopic (exact) mass is 343 g/mol. The van der Waals surface area contributed by atoms with E-state index in [9.17, 15) is 0 Å². The second-order valence-electron chi connectivity index (χ2n) is 6.99. The van der Waals surface area contributed by atoms with E-state index in [0.29, 0.717) is 0 Å². The van der Waals surface area contributed by atoms with Gasteiger partial charge in [0, 0.05) is 63.4 Å². The van der Waals surface area contributed by atoms with Crippen LogP contribution in [0.3, 0.4) is 0 Å². The minimum absolute atomic E-state index is 0.0260. The van der Waals surface area contributed by atoms with Gasteiger partial charge in [0.1, 0.15) is 6.10 Å². The summed E-state index contributed by atoms with van der Waals surface area (Å²) in [5, 5.41) is 4.43. The van der Waals surface area contributed by atoms with Crippen molar-refractivity contribution in [3.8, 4) is 0 Å². The molecule has 0 bridgehead atoms. The normalized spacial score (nSPS) is 18.5. The van der Waals surface area contributed by atoms with Gasteiger partial charge in [0.05, 0.1) is 18.5 Å². The minimum Gasteiger partial charge on any atom is -0.378 e. The number of aromatic nitrogens is 3. The summed E-state index contributed by atoms with van der Waals surface area (Å²) >= 11 is 0. The molecule has 6 nitrogen and oxygen atoms in total. The molecule has 0 aromatic carbocycles. The molecule has 1 saturated heterocycles. The number of hydrogen-bond donors (Lipinski definition) is 0. The molecule has 0 spiro atoms. The quantitative estimate of drug-likeness (QED) is 0.807. The van der Waals surface area contributed by atoms with Gasteiger partial charge in [0.25, 0.3) is 0 Å². The lowest BCUT2D eigenvalue weighted by Crippen LogP contribution is -2.38. The van der Waals surface area contributed by atoms with E-state index in [2.05, 4.69) is 54.2 Å². The molecular formula is C19H29N5O. The minimum atomic E-state index is 0.0260. The summed E-state index contributed by atoms with van der Waals surface area (Å²) in [5.41, 5.74) is 4.49. The predicted molar refractivity (Wildman–Crippen MR) is 99.8 cm³/mol. The van der Waals surface area contributed by atoms with Crippen LogP contribution in [0.15, 0.2) is 24.5 Å². The molecule has 1 atom stereocenters. The average molecular weight is 343 g/mol. The number of morpholine rings is 1. The third-order valence-corrected chi connectivity index (χ3v) is 4.50. The zero-order valence-electron chi connectivity index (χ0n) is 15.8. The predicted octanol–water partition coefficient (Wildman–Crippen LogP) is 2.64. The van der Waals surface area contributed by atoms with Crippen LogP contribution in [0.2, 0.25) is 0 Å². The molecule has 2 aromatic heterocycles. The maximum atomic E-state index is 6.02. The lowest BCUT2D eigenvalue weighted by Gasteiger charge is -2.32. The van der Waals surface area contributed by atoms with Crippen LogP contribution in [0.1, 0.15) is 36.4 Å². The standard InChI is InChI=1S/C19H29N5O/c1-5-6-24-13-16(11-20-24)12-23-7-8-25-19(14-23)18-10-17(22(3)4)9-15(2)21-18/h9-11,13,19H,5-8,12,14H2,1-4H3/t19-/m1/s1.